The Morgan fingerprint density at radius 1 is 1.25 bits per heavy atom. The summed E-state index contributed by atoms with van der Waals surface area (Å²) in [5.41, 5.74) is -0.00924. The van der Waals surface area contributed by atoms with Crippen LogP contribution in [0.4, 0.5) is 13.2 Å². The average molecular weight is 228 g/mol. The van der Waals surface area contributed by atoms with E-state index in [9.17, 15) is 18.0 Å². The second-order valence-corrected chi connectivity index (χ2v) is 4.10. The summed E-state index contributed by atoms with van der Waals surface area (Å²) in [4.78, 5) is 11.1. The number of alkyl halides is 3. The van der Waals surface area contributed by atoms with Gasteiger partial charge in [-0.25, -0.2) is 0 Å². The fourth-order valence-corrected chi connectivity index (χ4v) is 2.07. The third-order valence-corrected chi connectivity index (χ3v) is 2.93. The zero-order valence-corrected chi connectivity index (χ0v) is 8.55. The fraction of sp³-hybridized carbons (Fsp3) is 0.417. The van der Waals surface area contributed by atoms with Gasteiger partial charge in [0.2, 0.25) is 0 Å². The largest absolute Gasteiger partial charge is 0.416 e. The highest BCUT2D eigenvalue weighted by Gasteiger charge is 2.32. The number of hydrogen-bond acceptors (Lipinski definition) is 1. The maximum Gasteiger partial charge on any atom is 0.416 e. The Morgan fingerprint density at radius 3 is 2.56 bits per heavy atom. The molecule has 1 atom stereocenters. The summed E-state index contributed by atoms with van der Waals surface area (Å²) in [6.07, 6.45) is -2.78. The summed E-state index contributed by atoms with van der Waals surface area (Å²) in [7, 11) is 0. The van der Waals surface area contributed by atoms with Crippen molar-refractivity contribution in [3.8, 4) is 0 Å². The highest BCUT2D eigenvalue weighted by atomic mass is 19.4. The van der Waals surface area contributed by atoms with Crippen LogP contribution in [0.25, 0.3) is 0 Å². The van der Waals surface area contributed by atoms with Crippen molar-refractivity contribution >= 4 is 5.78 Å². The Balaban J connectivity index is 2.26. The molecule has 1 aliphatic carbocycles. The molecule has 1 aromatic carbocycles. The molecule has 0 radical (unpaired) electrons. The van der Waals surface area contributed by atoms with Crippen molar-refractivity contribution in [1.29, 1.82) is 0 Å². The molecule has 0 heterocycles. The molecule has 4 heteroatoms. The monoisotopic (exact) mass is 228 g/mol. The first kappa shape index (κ1) is 11.2. The Morgan fingerprint density at radius 2 is 2.00 bits per heavy atom. The number of benzene rings is 1. The van der Waals surface area contributed by atoms with Gasteiger partial charge in [0, 0.05) is 12.8 Å². The lowest BCUT2D eigenvalue weighted by Gasteiger charge is -2.12. The van der Waals surface area contributed by atoms with Crippen molar-refractivity contribution in [2.24, 2.45) is 0 Å². The summed E-state index contributed by atoms with van der Waals surface area (Å²) >= 11 is 0. The molecule has 86 valence electrons. The van der Waals surface area contributed by atoms with Gasteiger partial charge in [0.15, 0.2) is 0 Å². The molecule has 16 heavy (non-hydrogen) atoms. The number of hydrogen-bond donors (Lipinski definition) is 0. The van der Waals surface area contributed by atoms with E-state index in [2.05, 4.69) is 0 Å². The van der Waals surface area contributed by atoms with E-state index in [0.29, 0.717) is 24.8 Å². The molecule has 1 aliphatic rings. The van der Waals surface area contributed by atoms with E-state index in [1.807, 2.05) is 0 Å². The molecule has 1 aromatic rings. The molecule has 0 bridgehead atoms. The third kappa shape index (κ3) is 2.26. The Labute approximate surface area is 91.3 Å². The maximum absolute atomic E-state index is 12.5. The van der Waals surface area contributed by atoms with Gasteiger partial charge >= 0.3 is 6.18 Å². The SMILES string of the molecule is O=C1CCC(c2cccc(C(F)(F)F)c2)C1. The van der Waals surface area contributed by atoms with E-state index in [4.69, 9.17) is 0 Å². The van der Waals surface area contributed by atoms with Crippen LogP contribution >= 0.6 is 0 Å². The molecule has 0 N–H and O–H groups in total. The molecule has 1 saturated carbocycles. The fourth-order valence-electron chi connectivity index (χ4n) is 2.07. The Bertz CT molecular complexity index is 409. The second kappa shape index (κ2) is 3.92. The standard InChI is InChI=1S/C12H11F3O/c13-12(14,15)10-3-1-2-8(6-10)9-4-5-11(16)7-9/h1-3,6,9H,4-5,7H2. The highest BCUT2D eigenvalue weighted by Crippen LogP contribution is 2.35. The van der Waals surface area contributed by atoms with Gasteiger partial charge in [-0.3, -0.25) is 4.79 Å². The first-order valence-electron chi connectivity index (χ1n) is 5.15. The van der Waals surface area contributed by atoms with Crippen molar-refractivity contribution < 1.29 is 18.0 Å². The smallest absolute Gasteiger partial charge is 0.300 e. The minimum absolute atomic E-state index is 0.0326. The van der Waals surface area contributed by atoms with E-state index in [1.165, 1.54) is 6.07 Å². The molecule has 1 nitrogen and oxygen atoms in total. The number of halogens is 3. The minimum Gasteiger partial charge on any atom is -0.300 e. The quantitative estimate of drug-likeness (QED) is 0.718. The molecular weight excluding hydrogens is 217 g/mol. The van der Waals surface area contributed by atoms with E-state index in [-0.39, 0.29) is 11.7 Å². The van der Waals surface area contributed by atoms with E-state index >= 15 is 0 Å². The number of carbonyl (C=O) groups is 1. The summed E-state index contributed by atoms with van der Waals surface area (Å²) < 4.78 is 37.4. The molecular formula is C12H11F3O. The molecule has 0 saturated heterocycles. The number of Topliss-reactive ketones (excluding diaryl/α,β-unsaturated/α-hetero) is 1. The lowest BCUT2D eigenvalue weighted by molar-refractivity contribution is -0.137. The highest BCUT2D eigenvalue weighted by molar-refractivity contribution is 5.81. The van der Waals surface area contributed by atoms with Gasteiger partial charge in [-0.15, -0.1) is 0 Å². The van der Waals surface area contributed by atoms with Crippen LogP contribution in [-0.4, -0.2) is 5.78 Å². The van der Waals surface area contributed by atoms with Crippen LogP contribution in [0.5, 0.6) is 0 Å². The van der Waals surface area contributed by atoms with Gasteiger partial charge in [-0.05, 0) is 24.0 Å². The van der Waals surface area contributed by atoms with Gasteiger partial charge in [-0.1, -0.05) is 18.2 Å². The van der Waals surface area contributed by atoms with E-state index < -0.39 is 11.7 Å². The molecule has 0 spiro atoms. The van der Waals surface area contributed by atoms with Gasteiger partial charge in [-0.2, -0.15) is 13.2 Å². The lowest BCUT2D eigenvalue weighted by Crippen LogP contribution is -2.06. The van der Waals surface area contributed by atoms with Crippen molar-refractivity contribution in [3.63, 3.8) is 0 Å². The maximum atomic E-state index is 12.5. The van der Waals surface area contributed by atoms with Crippen LogP contribution in [0.1, 0.15) is 36.3 Å². The van der Waals surface area contributed by atoms with Crippen molar-refractivity contribution in [2.45, 2.75) is 31.4 Å². The first-order chi connectivity index (χ1) is 7.47. The lowest BCUT2D eigenvalue weighted by atomic mass is 9.96. The number of ketones is 1. The summed E-state index contributed by atoms with van der Waals surface area (Å²) in [6, 6.07) is 5.28. The topological polar surface area (TPSA) is 17.1 Å². The van der Waals surface area contributed by atoms with Crippen LogP contribution in [0.15, 0.2) is 24.3 Å². The zero-order valence-electron chi connectivity index (χ0n) is 8.55. The number of carbonyl (C=O) groups excluding carboxylic acids is 1. The average Bonchev–Trinajstić information content (AvgIpc) is 2.64. The van der Waals surface area contributed by atoms with Crippen LogP contribution in [0.3, 0.4) is 0 Å². The predicted octanol–water partition coefficient (Wildman–Crippen LogP) is 3.54. The van der Waals surface area contributed by atoms with Crippen LogP contribution in [0.2, 0.25) is 0 Å². The first-order valence-corrected chi connectivity index (χ1v) is 5.15. The Kier molecular flexibility index (Phi) is 2.74. The summed E-state index contributed by atoms with van der Waals surface area (Å²) in [5.74, 6) is 0.109. The Hall–Kier alpha value is -1.32. The zero-order chi connectivity index (χ0) is 11.8. The number of rotatable bonds is 1. The van der Waals surface area contributed by atoms with Crippen LogP contribution in [0, 0.1) is 0 Å². The molecule has 1 fully saturated rings. The minimum atomic E-state index is -4.31. The van der Waals surface area contributed by atoms with Crippen molar-refractivity contribution in [1.82, 2.24) is 0 Å². The normalized spacial score (nSPS) is 21.4. The van der Waals surface area contributed by atoms with Crippen LogP contribution in [-0.2, 0) is 11.0 Å². The third-order valence-electron chi connectivity index (χ3n) is 2.93. The van der Waals surface area contributed by atoms with Gasteiger partial charge in [0.05, 0.1) is 5.56 Å². The van der Waals surface area contributed by atoms with Crippen molar-refractivity contribution in [2.75, 3.05) is 0 Å². The van der Waals surface area contributed by atoms with Gasteiger partial charge < -0.3 is 0 Å². The summed E-state index contributed by atoms with van der Waals surface area (Å²) in [6.45, 7) is 0. The van der Waals surface area contributed by atoms with E-state index in [1.54, 1.807) is 6.07 Å². The molecule has 0 amide bonds. The molecule has 2 rings (SSSR count). The van der Waals surface area contributed by atoms with Crippen LogP contribution < -0.4 is 0 Å². The molecule has 0 aromatic heterocycles. The summed E-state index contributed by atoms with van der Waals surface area (Å²) in [5, 5.41) is 0. The van der Waals surface area contributed by atoms with Gasteiger partial charge in [0.25, 0.3) is 0 Å². The molecule has 0 aliphatic heterocycles. The van der Waals surface area contributed by atoms with Crippen molar-refractivity contribution in [3.05, 3.63) is 35.4 Å². The molecule has 1 unspecified atom stereocenters. The van der Waals surface area contributed by atoms with Gasteiger partial charge in [0.1, 0.15) is 5.78 Å². The predicted molar refractivity (Wildman–Crippen MR) is 53.0 cm³/mol. The van der Waals surface area contributed by atoms with E-state index in [0.717, 1.165) is 12.1 Å². The second-order valence-electron chi connectivity index (χ2n) is 4.10.